The molecule has 1 atom stereocenters. The van der Waals surface area contributed by atoms with Crippen LogP contribution in [0.25, 0.3) is 0 Å². The van der Waals surface area contributed by atoms with Gasteiger partial charge in [0.2, 0.25) is 0 Å². The van der Waals surface area contributed by atoms with Gasteiger partial charge in [0, 0.05) is 50.3 Å². The number of hydrogen-bond donors (Lipinski definition) is 1. The molecule has 1 N–H and O–H groups in total. The molecule has 0 aliphatic carbocycles. The molecule has 0 saturated carbocycles. The summed E-state index contributed by atoms with van der Waals surface area (Å²) in [4.78, 5) is 19.8. The first-order chi connectivity index (χ1) is 11.1. The summed E-state index contributed by atoms with van der Waals surface area (Å²) >= 11 is 0. The second-order valence-corrected chi connectivity index (χ2v) is 5.83. The zero-order valence-electron chi connectivity index (χ0n) is 13.2. The smallest absolute Gasteiger partial charge is 0.335 e. The maximum atomic E-state index is 10.9. The molecule has 1 fully saturated rings. The predicted octanol–water partition coefficient (Wildman–Crippen LogP) is 2.66. The first-order valence-corrected chi connectivity index (χ1v) is 7.87. The zero-order chi connectivity index (χ0) is 16.2. The Bertz CT molecular complexity index is 650. The number of benzene rings is 1. The van der Waals surface area contributed by atoms with Crippen LogP contribution in [0.2, 0.25) is 0 Å². The third-order valence-corrected chi connectivity index (χ3v) is 4.53. The van der Waals surface area contributed by atoms with Gasteiger partial charge in [0.25, 0.3) is 0 Å². The Hall–Kier alpha value is -2.40. The van der Waals surface area contributed by atoms with E-state index in [0.717, 1.165) is 31.9 Å². The normalized spacial score (nSPS) is 17.0. The summed E-state index contributed by atoms with van der Waals surface area (Å²) in [6.45, 7) is 6.10. The highest BCUT2D eigenvalue weighted by molar-refractivity contribution is 5.88. The van der Waals surface area contributed by atoms with E-state index in [1.54, 1.807) is 12.1 Å². The van der Waals surface area contributed by atoms with Gasteiger partial charge in [-0.3, -0.25) is 9.88 Å². The van der Waals surface area contributed by atoms with E-state index in [2.05, 4.69) is 33.8 Å². The number of aromatic nitrogens is 1. The van der Waals surface area contributed by atoms with Gasteiger partial charge in [-0.05, 0) is 48.9 Å². The summed E-state index contributed by atoms with van der Waals surface area (Å²) in [7, 11) is 0. The van der Waals surface area contributed by atoms with Crippen LogP contribution >= 0.6 is 0 Å². The minimum Gasteiger partial charge on any atom is -0.478 e. The van der Waals surface area contributed by atoms with Crippen LogP contribution in [0, 0.1) is 0 Å². The number of pyridine rings is 1. The molecule has 1 aliphatic heterocycles. The standard InChI is InChI=1S/C18H21N3O2/c1-14(15-6-8-19-9-7-15)20-10-12-21(13-11-20)17-4-2-16(3-5-17)18(22)23/h2-9,14H,10-13H2,1H3,(H,22,23). The summed E-state index contributed by atoms with van der Waals surface area (Å²) in [6.07, 6.45) is 3.68. The Morgan fingerprint density at radius 2 is 1.65 bits per heavy atom. The summed E-state index contributed by atoms with van der Waals surface area (Å²) < 4.78 is 0. The number of carboxylic acid groups (broad SMARTS) is 1. The highest BCUT2D eigenvalue weighted by Gasteiger charge is 2.22. The average Bonchev–Trinajstić information content (AvgIpc) is 2.62. The topological polar surface area (TPSA) is 56.7 Å². The van der Waals surface area contributed by atoms with Crippen molar-refractivity contribution in [2.45, 2.75) is 13.0 Å². The van der Waals surface area contributed by atoms with Crippen molar-refractivity contribution in [1.82, 2.24) is 9.88 Å². The molecule has 2 aromatic rings. The number of piperazine rings is 1. The molecule has 1 aromatic heterocycles. The van der Waals surface area contributed by atoms with Gasteiger partial charge in [-0.2, -0.15) is 0 Å². The van der Waals surface area contributed by atoms with Crippen molar-refractivity contribution in [2.75, 3.05) is 31.1 Å². The van der Waals surface area contributed by atoms with Crippen LogP contribution in [0.4, 0.5) is 5.69 Å². The van der Waals surface area contributed by atoms with E-state index in [0.29, 0.717) is 11.6 Å². The van der Waals surface area contributed by atoms with Crippen LogP contribution in [0.15, 0.2) is 48.8 Å². The van der Waals surface area contributed by atoms with Crippen molar-refractivity contribution in [3.05, 3.63) is 59.9 Å². The van der Waals surface area contributed by atoms with E-state index in [4.69, 9.17) is 5.11 Å². The number of carboxylic acids is 1. The first kappa shape index (κ1) is 15.5. The lowest BCUT2D eigenvalue weighted by molar-refractivity contribution is 0.0697. The predicted molar refractivity (Wildman–Crippen MR) is 89.8 cm³/mol. The van der Waals surface area contributed by atoms with E-state index in [1.165, 1.54) is 5.56 Å². The molecule has 5 heteroatoms. The fourth-order valence-corrected chi connectivity index (χ4v) is 3.04. The van der Waals surface area contributed by atoms with Gasteiger partial charge in [-0.15, -0.1) is 0 Å². The van der Waals surface area contributed by atoms with Crippen LogP contribution in [-0.4, -0.2) is 47.1 Å². The monoisotopic (exact) mass is 311 g/mol. The number of hydrogen-bond acceptors (Lipinski definition) is 4. The molecule has 0 bridgehead atoms. The van der Waals surface area contributed by atoms with Crippen molar-refractivity contribution in [3.8, 4) is 0 Å². The Morgan fingerprint density at radius 1 is 1.04 bits per heavy atom. The van der Waals surface area contributed by atoms with Gasteiger partial charge < -0.3 is 10.0 Å². The molecule has 0 radical (unpaired) electrons. The highest BCUT2D eigenvalue weighted by Crippen LogP contribution is 2.23. The maximum absolute atomic E-state index is 10.9. The molecule has 1 aliphatic rings. The molecule has 1 unspecified atom stereocenters. The Labute approximate surface area is 136 Å². The average molecular weight is 311 g/mol. The number of nitrogens with zero attached hydrogens (tertiary/aromatic N) is 3. The molecule has 2 heterocycles. The molecule has 5 nitrogen and oxygen atoms in total. The maximum Gasteiger partial charge on any atom is 0.335 e. The van der Waals surface area contributed by atoms with E-state index in [9.17, 15) is 4.79 Å². The van der Waals surface area contributed by atoms with E-state index >= 15 is 0 Å². The quantitative estimate of drug-likeness (QED) is 0.941. The molecule has 23 heavy (non-hydrogen) atoms. The van der Waals surface area contributed by atoms with E-state index in [1.807, 2.05) is 24.5 Å². The molecular weight excluding hydrogens is 290 g/mol. The minimum atomic E-state index is -0.882. The lowest BCUT2D eigenvalue weighted by atomic mass is 10.1. The second-order valence-electron chi connectivity index (χ2n) is 5.83. The molecule has 120 valence electrons. The van der Waals surface area contributed by atoms with E-state index < -0.39 is 5.97 Å². The second kappa shape index (κ2) is 6.79. The van der Waals surface area contributed by atoms with Crippen molar-refractivity contribution < 1.29 is 9.90 Å². The fourth-order valence-electron chi connectivity index (χ4n) is 3.04. The third kappa shape index (κ3) is 3.51. The summed E-state index contributed by atoms with van der Waals surface area (Å²) in [5, 5.41) is 8.97. The molecule has 1 aromatic carbocycles. The van der Waals surface area contributed by atoms with Gasteiger partial charge >= 0.3 is 5.97 Å². The molecular formula is C18H21N3O2. The van der Waals surface area contributed by atoms with Crippen molar-refractivity contribution in [2.24, 2.45) is 0 Å². The molecule has 0 spiro atoms. The first-order valence-electron chi connectivity index (χ1n) is 7.87. The Morgan fingerprint density at radius 3 is 2.22 bits per heavy atom. The Balaban J connectivity index is 1.61. The fraction of sp³-hybridized carbons (Fsp3) is 0.333. The number of aromatic carboxylic acids is 1. The molecule has 0 amide bonds. The largest absolute Gasteiger partial charge is 0.478 e. The van der Waals surface area contributed by atoms with Gasteiger partial charge in [0.1, 0.15) is 0 Å². The van der Waals surface area contributed by atoms with Crippen LogP contribution < -0.4 is 4.90 Å². The SMILES string of the molecule is CC(c1ccncc1)N1CCN(c2ccc(C(=O)O)cc2)CC1. The van der Waals surface area contributed by atoms with Crippen molar-refractivity contribution in [1.29, 1.82) is 0 Å². The zero-order valence-corrected chi connectivity index (χ0v) is 13.2. The van der Waals surface area contributed by atoms with E-state index in [-0.39, 0.29) is 0 Å². The van der Waals surface area contributed by atoms with Crippen LogP contribution in [0.1, 0.15) is 28.9 Å². The summed E-state index contributed by atoms with van der Waals surface area (Å²) in [6, 6.07) is 11.7. The number of rotatable bonds is 4. The number of anilines is 1. The third-order valence-electron chi connectivity index (χ3n) is 4.53. The molecule has 3 rings (SSSR count). The molecule has 1 saturated heterocycles. The van der Waals surface area contributed by atoms with Crippen LogP contribution in [0.5, 0.6) is 0 Å². The van der Waals surface area contributed by atoms with Gasteiger partial charge in [0.05, 0.1) is 5.56 Å². The highest BCUT2D eigenvalue weighted by atomic mass is 16.4. The van der Waals surface area contributed by atoms with Gasteiger partial charge in [-0.25, -0.2) is 4.79 Å². The van der Waals surface area contributed by atoms with Crippen LogP contribution in [0.3, 0.4) is 0 Å². The lowest BCUT2D eigenvalue weighted by Gasteiger charge is -2.39. The lowest BCUT2D eigenvalue weighted by Crippen LogP contribution is -2.47. The summed E-state index contributed by atoms with van der Waals surface area (Å²) in [5.74, 6) is -0.882. The van der Waals surface area contributed by atoms with Crippen molar-refractivity contribution in [3.63, 3.8) is 0 Å². The van der Waals surface area contributed by atoms with Gasteiger partial charge in [-0.1, -0.05) is 0 Å². The number of carbonyl (C=O) groups is 1. The minimum absolute atomic E-state index is 0.332. The van der Waals surface area contributed by atoms with Crippen LogP contribution in [-0.2, 0) is 0 Å². The van der Waals surface area contributed by atoms with Gasteiger partial charge in [0.15, 0.2) is 0 Å². The van der Waals surface area contributed by atoms with Crippen molar-refractivity contribution >= 4 is 11.7 Å². The summed E-state index contributed by atoms with van der Waals surface area (Å²) in [5.41, 5.74) is 2.71. The Kier molecular flexibility index (Phi) is 4.57.